The zero-order valence-electron chi connectivity index (χ0n) is 9.40. The number of benzene rings is 1. The molecule has 1 aliphatic rings. The van der Waals surface area contributed by atoms with Crippen LogP contribution >= 0.6 is 23.8 Å². The molecule has 18 heavy (non-hydrogen) atoms. The van der Waals surface area contributed by atoms with E-state index in [4.69, 9.17) is 23.8 Å². The van der Waals surface area contributed by atoms with Crippen LogP contribution in [-0.4, -0.2) is 24.0 Å². The van der Waals surface area contributed by atoms with Crippen LogP contribution < -0.4 is 4.72 Å². The zero-order chi connectivity index (χ0) is 13.1. The first-order valence-corrected chi connectivity index (χ1v) is 7.60. The predicted octanol–water partition coefficient (Wildman–Crippen LogP) is 2.03. The molecule has 0 amide bonds. The first-order chi connectivity index (χ1) is 8.38. The van der Waals surface area contributed by atoms with E-state index >= 15 is 0 Å². The summed E-state index contributed by atoms with van der Waals surface area (Å²) in [6.45, 7) is 2.29. The van der Waals surface area contributed by atoms with E-state index in [2.05, 4.69) is 9.71 Å². The van der Waals surface area contributed by atoms with Gasteiger partial charge < -0.3 is 9.55 Å². The lowest BCUT2D eigenvalue weighted by molar-refractivity contribution is 0.533. The molecule has 0 radical (unpaired) electrons. The topological polar surface area (TPSA) is 66.9 Å². The maximum Gasteiger partial charge on any atom is 0.243 e. The van der Waals surface area contributed by atoms with Gasteiger partial charge in [-0.2, -0.15) is 0 Å². The molecular formula is C10H10ClN3O2S2. The second kappa shape index (κ2) is 3.80. The van der Waals surface area contributed by atoms with Gasteiger partial charge in [0, 0.05) is 17.6 Å². The number of hydrogen-bond donors (Lipinski definition) is 2. The molecule has 1 atom stereocenters. The number of aromatic nitrogens is 2. The van der Waals surface area contributed by atoms with Gasteiger partial charge >= 0.3 is 0 Å². The molecule has 0 bridgehead atoms. The highest BCUT2D eigenvalue weighted by Crippen LogP contribution is 2.29. The number of imidazole rings is 1. The van der Waals surface area contributed by atoms with Crippen LogP contribution in [0, 0.1) is 4.77 Å². The van der Waals surface area contributed by atoms with Crippen LogP contribution in [0.25, 0.3) is 11.0 Å². The highest BCUT2D eigenvalue weighted by molar-refractivity contribution is 7.89. The average Bonchev–Trinajstić information content (AvgIpc) is 2.47. The van der Waals surface area contributed by atoms with E-state index in [0.29, 0.717) is 27.4 Å². The summed E-state index contributed by atoms with van der Waals surface area (Å²) in [6.07, 6.45) is 0. The third-order valence-electron chi connectivity index (χ3n) is 2.90. The van der Waals surface area contributed by atoms with Crippen LogP contribution in [0.3, 0.4) is 0 Å². The molecule has 1 aromatic heterocycles. The highest BCUT2D eigenvalue weighted by atomic mass is 35.5. The van der Waals surface area contributed by atoms with Crippen molar-refractivity contribution in [2.24, 2.45) is 0 Å². The molecule has 0 spiro atoms. The fourth-order valence-corrected chi connectivity index (χ4v) is 4.30. The monoisotopic (exact) mass is 303 g/mol. The molecular weight excluding hydrogens is 294 g/mol. The van der Waals surface area contributed by atoms with Crippen molar-refractivity contribution in [3.8, 4) is 0 Å². The van der Waals surface area contributed by atoms with E-state index in [0.717, 1.165) is 0 Å². The fraction of sp³-hybridized carbons (Fsp3) is 0.300. The minimum absolute atomic E-state index is 0.168. The van der Waals surface area contributed by atoms with Crippen molar-refractivity contribution in [1.82, 2.24) is 14.3 Å². The summed E-state index contributed by atoms with van der Waals surface area (Å²) < 4.78 is 29.3. The van der Waals surface area contributed by atoms with Crippen LogP contribution in [0.15, 0.2) is 17.0 Å². The summed E-state index contributed by atoms with van der Waals surface area (Å²) in [5.41, 5.74) is 1.23. The minimum atomic E-state index is -3.56. The lowest BCUT2D eigenvalue weighted by Crippen LogP contribution is -2.33. The van der Waals surface area contributed by atoms with Gasteiger partial charge in [0.05, 0.1) is 11.0 Å². The Morgan fingerprint density at radius 1 is 1.50 bits per heavy atom. The van der Waals surface area contributed by atoms with Crippen molar-refractivity contribution in [1.29, 1.82) is 0 Å². The molecule has 1 aromatic carbocycles. The molecule has 1 aliphatic heterocycles. The molecule has 8 heteroatoms. The summed E-state index contributed by atoms with van der Waals surface area (Å²) in [7, 11) is -3.56. The van der Waals surface area contributed by atoms with Crippen LogP contribution in [0.2, 0.25) is 5.02 Å². The number of rotatable bonds is 0. The van der Waals surface area contributed by atoms with Crippen molar-refractivity contribution in [3.05, 3.63) is 21.9 Å². The van der Waals surface area contributed by atoms with Crippen LogP contribution in [0.4, 0.5) is 0 Å². The Morgan fingerprint density at radius 3 is 2.94 bits per heavy atom. The number of sulfonamides is 1. The molecule has 0 saturated heterocycles. The summed E-state index contributed by atoms with van der Waals surface area (Å²) in [6, 6.07) is 2.90. The first kappa shape index (κ1) is 12.2. The molecule has 5 nitrogen and oxygen atoms in total. The van der Waals surface area contributed by atoms with Crippen molar-refractivity contribution < 1.29 is 8.42 Å². The molecule has 0 saturated carbocycles. The number of nitrogens with one attached hydrogen (secondary N) is 2. The molecule has 2 aromatic rings. The van der Waals surface area contributed by atoms with Crippen LogP contribution in [0.1, 0.15) is 6.92 Å². The first-order valence-electron chi connectivity index (χ1n) is 5.33. The van der Waals surface area contributed by atoms with E-state index in [9.17, 15) is 8.42 Å². The van der Waals surface area contributed by atoms with Crippen molar-refractivity contribution in [2.75, 3.05) is 0 Å². The van der Waals surface area contributed by atoms with Gasteiger partial charge in [-0.05, 0) is 31.3 Å². The summed E-state index contributed by atoms with van der Waals surface area (Å²) in [5.74, 6) is 0. The third-order valence-corrected chi connectivity index (χ3v) is 5.04. The number of H-pyrrole nitrogens is 1. The number of hydrogen-bond acceptors (Lipinski definition) is 3. The van der Waals surface area contributed by atoms with E-state index in [1.54, 1.807) is 17.6 Å². The fourth-order valence-electron chi connectivity index (χ4n) is 2.25. The van der Waals surface area contributed by atoms with Gasteiger partial charge in [-0.15, -0.1) is 0 Å². The number of nitrogens with zero attached hydrogens (tertiary/aromatic N) is 1. The van der Waals surface area contributed by atoms with Crippen molar-refractivity contribution in [3.63, 3.8) is 0 Å². The van der Waals surface area contributed by atoms with Crippen LogP contribution in [0.5, 0.6) is 0 Å². The Kier molecular flexibility index (Phi) is 2.57. The average molecular weight is 304 g/mol. The molecule has 1 unspecified atom stereocenters. The van der Waals surface area contributed by atoms with Gasteiger partial charge in [-0.25, -0.2) is 13.1 Å². The second-order valence-corrected chi connectivity index (χ2v) is 6.87. The van der Waals surface area contributed by atoms with Gasteiger partial charge in [0.15, 0.2) is 4.77 Å². The largest absolute Gasteiger partial charge is 0.330 e. The van der Waals surface area contributed by atoms with Gasteiger partial charge in [-0.3, -0.25) is 0 Å². The maximum absolute atomic E-state index is 12.2. The van der Waals surface area contributed by atoms with Crippen molar-refractivity contribution >= 4 is 44.9 Å². The quantitative estimate of drug-likeness (QED) is 0.732. The normalized spacial score (nSPS) is 22.0. The lowest BCUT2D eigenvalue weighted by Gasteiger charge is -2.09. The molecule has 0 aliphatic carbocycles. The highest BCUT2D eigenvalue weighted by Gasteiger charge is 2.27. The van der Waals surface area contributed by atoms with Crippen LogP contribution in [-0.2, 0) is 16.6 Å². The van der Waals surface area contributed by atoms with E-state index in [1.165, 1.54) is 6.07 Å². The second-order valence-electron chi connectivity index (χ2n) is 4.36. The van der Waals surface area contributed by atoms with Gasteiger partial charge in [0.25, 0.3) is 0 Å². The lowest BCUT2D eigenvalue weighted by atomic mass is 10.3. The SMILES string of the molecule is CC1Cn2c(=S)[nH]c3cc(Cl)cc(c32)S(=O)(=O)N1. The minimum Gasteiger partial charge on any atom is -0.330 e. The van der Waals surface area contributed by atoms with E-state index in [-0.39, 0.29) is 10.9 Å². The van der Waals surface area contributed by atoms with Crippen molar-refractivity contribution in [2.45, 2.75) is 24.4 Å². The summed E-state index contributed by atoms with van der Waals surface area (Å²) in [4.78, 5) is 3.16. The number of aromatic amines is 1. The van der Waals surface area contributed by atoms with E-state index < -0.39 is 10.0 Å². The molecule has 96 valence electrons. The standard InChI is InChI=1S/C10H10ClN3O2S2/c1-5-4-14-9-7(12-10(14)17)2-6(11)3-8(9)18(15,16)13-5/h2-3,5,13H,4H2,1H3,(H,12,17). The Bertz CT molecular complexity index is 806. The maximum atomic E-state index is 12.2. The smallest absolute Gasteiger partial charge is 0.243 e. The van der Waals surface area contributed by atoms with E-state index in [1.807, 2.05) is 0 Å². The number of halogens is 1. The molecule has 2 heterocycles. The summed E-state index contributed by atoms with van der Waals surface area (Å²) in [5, 5.41) is 0.362. The Labute approximate surface area is 114 Å². The Morgan fingerprint density at radius 2 is 2.22 bits per heavy atom. The third kappa shape index (κ3) is 1.70. The van der Waals surface area contributed by atoms with Gasteiger partial charge in [0.1, 0.15) is 4.90 Å². The van der Waals surface area contributed by atoms with Gasteiger partial charge in [0.2, 0.25) is 10.0 Å². The molecule has 0 fully saturated rings. The van der Waals surface area contributed by atoms with Gasteiger partial charge in [-0.1, -0.05) is 11.6 Å². The molecule has 2 N–H and O–H groups in total. The predicted molar refractivity (Wildman–Crippen MR) is 71.9 cm³/mol. The Balaban J connectivity index is 2.55. The molecule has 3 rings (SSSR count). The Hall–Kier alpha value is -0.890. The zero-order valence-corrected chi connectivity index (χ0v) is 11.8. The summed E-state index contributed by atoms with van der Waals surface area (Å²) >= 11 is 11.2.